The predicted molar refractivity (Wildman–Crippen MR) is 105 cm³/mol. The van der Waals surface area contributed by atoms with E-state index in [1.807, 2.05) is 6.07 Å². The van der Waals surface area contributed by atoms with Gasteiger partial charge in [0.2, 0.25) is 16.4 Å². The van der Waals surface area contributed by atoms with Gasteiger partial charge in [-0.2, -0.15) is 0 Å². The molecule has 0 aromatic carbocycles. The highest BCUT2D eigenvalue weighted by molar-refractivity contribution is 7.88. The molecule has 10 heteroatoms. The largest absolute Gasteiger partial charge is 0.377 e. The molecular weight excluding hydrogens is 396 g/mol. The molecule has 6 atom stereocenters. The molecule has 3 fully saturated rings. The van der Waals surface area contributed by atoms with E-state index < -0.39 is 16.4 Å². The van der Waals surface area contributed by atoms with Crippen molar-refractivity contribution in [3.63, 3.8) is 0 Å². The summed E-state index contributed by atoms with van der Waals surface area (Å²) in [4.78, 5) is 10.7. The SMILES string of the molecule is COC(O)N1CC[C@H](NS(C)(=O)=O)[C@@H]1CO[C@@H]1CC[C@]2(c3ncccn3)C[C@@H]2C1. The molecule has 2 N–H and O–H groups in total. The van der Waals surface area contributed by atoms with Crippen LogP contribution in [0.15, 0.2) is 18.5 Å². The highest BCUT2D eigenvalue weighted by Gasteiger charge is 2.59. The number of nitrogens with zero attached hydrogens (tertiary/aromatic N) is 3. The van der Waals surface area contributed by atoms with Crippen LogP contribution in [-0.2, 0) is 24.9 Å². The lowest BCUT2D eigenvalue weighted by Crippen LogP contribution is -2.51. The monoisotopic (exact) mass is 426 g/mol. The number of aliphatic hydroxyl groups is 1. The first kappa shape index (κ1) is 21.1. The Morgan fingerprint density at radius 2 is 2.14 bits per heavy atom. The van der Waals surface area contributed by atoms with E-state index in [1.54, 1.807) is 17.3 Å². The first-order valence-corrected chi connectivity index (χ1v) is 12.0. The number of aliphatic hydroxyl groups excluding tert-OH is 1. The summed E-state index contributed by atoms with van der Waals surface area (Å²) in [7, 11) is -1.92. The topological polar surface area (TPSA) is 114 Å². The number of hydrogen-bond donors (Lipinski definition) is 2. The van der Waals surface area contributed by atoms with Crippen molar-refractivity contribution in [2.24, 2.45) is 5.92 Å². The Morgan fingerprint density at radius 3 is 2.79 bits per heavy atom. The Morgan fingerprint density at radius 1 is 1.38 bits per heavy atom. The third-order valence-corrected chi connectivity index (χ3v) is 7.39. The number of aromatic nitrogens is 2. The fourth-order valence-electron chi connectivity index (χ4n) is 5.09. The van der Waals surface area contributed by atoms with E-state index in [0.29, 0.717) is 25.5 Å². The minimum absolute atomic E-state index is 0.118. The molecule has 2 saturated carbocycles. The summed E-state index contributed by atoms with van der Waals surface area (Å²) in [6, 6.07) is 1.26. The summed E-state index contributed by atoms with van der Waals surface area (Å²) in [5.41, 5.74) is 0.118. The smallest absolute Gasteiger partial charge is 0.216 e. The minimum Gasteiger partial charge on any atom is -0.377 e. The van der Waals surface area contributed by atoms with Gasteiger partial charge in [-0.1, -0.05) is 0 Å². The van der Waals surface area contributed by atoms with Crippen LogP contribution in [0.4, 0.5) is 0 Å². The molecule has 1 aromatic rings. The van der Waals surface area contributed by atoms with Crippen LogP contribution >= 0.6 is 0 Å². The number of rotatable bonds is 8. The van der Waals surface area contributed by atoms with Crippen molar-refractivity contribution in [1.29, 1.82) is 0 Å². The normalized spacial score (nSPS) is 36.0. The molecule has 29 heavy (non-hydrogen) atoms. The molecule has 1 saturated heterocycles. The van der Waals surface area contributed by atoms with Crippen LogP contribution in [0.5, 0.6) is 0 Å². The van der Waals surface area contributed by atoms with Crippen LogP contribution in [0.25, 0.3) is 0 Å². The van der Waals surface area contributed by atoms with Gasteiger partial charge < -0.3 is 14.6 Å². The van der Waals surface area contributed by atoms with Gasteiger partial charge in [-0.05, 0) is 44.1 Å². The van der Waals surface area contributed by atoms with Gasteiger partial charge >= 0.3 is 0 Å². The van der Waals surface area contributed by atoms with Crippen LogP contribution < -0.4 is 4.72 Å². The van der Waals surface area contributed by atoms with Crippen LogP contribution in [0.3, 0.4) is 0 Å². The minimum atomic E-state index is -3.35. The van der Waals surface area contributed by atoms with Crippen molar-refractivity contribution in [3.05, 3.63) is 24.3 Å². The fourth-order valence-corrected chi connectivity index (χ4v) is 5.91. The molecule has 0 amide bonds. The van der Waals surface area contributed by atoms with Gasteiger partial charge in [0.15, 0.2) is 0 Å². The first-order chi connectivity index (χ1) is 13.8. The van der Waals surface area contributed by atoms with E-state index in [4.69, 9.17) is 9.47 Å². The second kappa shape index (κ2) is 8.16. The maximum absolute atomic E-state index is 11.7. The van der Waals surface area contributed by atoms with Gasteiger partial charge in [0.1, 0.15) is 5.82 Å². The van der Waals surface area contributed by atoms with E-state index in [0.717, 1.165) is 37.8 Å². The maximum atomic E-state index is 11.7. The zero-order chi connectivity index (χ0) is 20.6. The van der Waals surface area contributed by atoms with Gasteiger partial charge in [0.05, 0.1) is 25.0 Å². The average Bonchev–Trinajstić information content (AvgIpc) is 3.32. The molecule has 1 aliphatic heterocycles. The highest BCUT2D eigenvalue weighted by atomic mass is 32.2. The summed E-state index contributed by atoms with van der Waals surface area (Å²) in [6.45, 7) is 0.887. The maximum Gasteiger partial charge on any atom is 0.216 e. The number of nitrogens with one attached hydrogen (secondary N) is 1. The average molecular weight is 427 g/mol. The predicted octanol–water partition coefficient (Wildman–Crippen LogP) is 0.218. The standard InChI is InChI=1S/C19H30N4O5S/c1-27-18(24)23-9-5-15(22-29(2,25)26)16(23)12-28-14-4-6-19(11-13(19)10-14)17-20-7-3-8-21-17/h3,7-8,13-16,18,22,24H,4-6,9-12H2,1-2H3/t13-,14+,15-,16-,18?,19-/m0/s1. The molecule has 0 bridgehead atoms. The van der Waals surface area contributed by atoms with Crippen molar-refractivity contribution in [2.75, 3.05) is 26.5 Å². The summed E-state index contributed by atoms with van der Waals surface area (Å²) in [6.07, 6.45) is 8.41. The van der Waals surface area contributed by atoms with Crippen molar-refractivity contribution in [2.45, 2.75) is 62.1 Å². The second-order valence-corrected chi connectivity index (χ2v) is 10.3. The Hall–Kier alpha value is -1.17. The molecule has 9 nitrogen and oxygen atoms in total. The molecular formula is C19H30N4O5S. The summed E-state index contributed by atoms with van der Waals surface area (Å²) in [5, 5.41) is 10.1. The van der Waals surface area contributed by atoms with Crippen LogP contribution in [0.2, 0.25) is 0 Å². The lowest BCUT2D eigenvalue weighted by atomic mass is 9.86. The molecule has 3 aliphatic rings. The fraction of sp³-hybridized carbons (Fsp3) is 0.789. The van der Waals surface area contributed by atoms with Crippen LogP contribution in [-0.4, -0.2) is 79.5 Å². The Bertz CT molecular complexity index is 810. The third-order valence-electron chi connectivity index (χ3n) is 6.65. The Balaban J connectivity index is 1.36. The number of hydrogen-bond acceptors (Lipinski definition) is 8. The number of methoxy groups -OCH3 is 1. The van der Waals surface area contributed by atoms with Gasteiger partial charge in [0.25, 0.3) is 0 Å². The number of fused-ring (bicyclic) bond motifs is 1. The summed E-state index contributed by atoms with van der Waals surface area (Å²) >= 11 is 0. The zero-order valence-corrected chi connectivity index (χ0v) is 17.7. The third kappa shape index (κ3) is 4.47. The summed E-state index contributed by atoms with van der Waals surface area (Å²) < 4.78 is 37.4. The van der Waals surface area contributed by atoms with E-state index in [2.05, 4.69) is 14.7 Å². The van der Waals surface area contributed by atoms with Crippen molar-refractivity contribution < 1.29 is 23.0 Å². The molecule has 0 spiro atoms. The van der Waals surface area contributed by atoms with Crippen LogP contribution in [0.1, 0.15) is 37.9 Å². The first-order valence-electron chi connectivity index (χ1n) is 10.2. The zero-order valence-electron chi connectivity index (χ0n) is 16.9. The number of sulfonamides is 1. The Labute approximate surface area is 171 Å². The van der Waals surface area contributed by atoms with Crippen molar-refractivity contribution >= 4 is 10.0 Å². The van der Waals surface area contributed by atoms with E-state index in [1.165, 1.54) is 7.11 Å². The quantitative estimate of drug-likeness (QED) is 0.568. The molecule has 0 radical (unpaired) electrons. The molecule has 162 valence electrons. The van der Waals surface area contributed by atoms with Crippen molar-refractivity contribution in [1.82, 2.24) is 19.6 Å². The molecule has 2 heterocycles. The van der Waals surface area contributed by atoms with E-state index in [9.17, 15) is 13.5 Å². The summed E-state index contributed by atoms with van der Waals surface area (Å²) in [5.74, 6) is 1.49. The number of ether oxygens (including phenoxy) is 2. The van der Waals surface area contributed by atoms with Crippen molar-refractivity contribution in [3.8, 4) is 0 Å². The van der Waals surface area contributed by atoms with Gasteiger partial charge in [-0.3, -0.25) is 0 Å². The second-order valence-electron chi connectivity index (χ2n) is 8.51. The Kier molecular flexibility index (Phi) is 5.93. The lowest BCUT2D eigenvalue weighted by Gasteiger charge is -2.33. The van der Waals surface area contributed by atoms with Crippen LogP contribution in [0, 0.1) is 5.92 Å². The van der Waals surface area contributed by atoms with E-state index in [-0.39, 0.29) is 23.6 Å². The number of likely N-dealkylation sites (tertiary alicyclic amines) is 1. The van der Waals surface area contributed by atoms with Gasteiger partial charge in [0, 0.05) is 37.5 Å². The highest BCUT2D eigenvalue weighted by Crippen LogP contribution is 2.61. The van der Waals surface area contributed by atoms with Gasteiger partial charge in [-0.15, -0.1) is 0 Å². The molecule has 4 rings (SSSR count). The lowest BCUT2D eigenvalue weighted by molar-refractivity contribution is -0.189. The van der Waals surface area contributed by atoms with E-state index >= 15 is 0 Å². The molecule has 1 unspecified atom stereocenters. The molecule has 2 aliphatic carbocycles. The van der Waals surface area contributed by atoms with Gasteiger partial charge in [-0.25, -0.2) is 28.0 Å². The molecule has 1 aromatic heterocycles.